The molecule has 1 aliphatic heterocycles. The number of aliphatic hydroxyl groups excluding tert-OH is 1. The number of piperidine rings is 1. The molecule has 116 valence electrons. The Kier molecular flexibility index (Phi) is 6.02. The Labute approximate surface area is 125 Å². The van der Waals surface area contributed by atoms with Crippen LogP contribution in [0.5, 0.6) is 5.75 Å². The van der Waals surface area contributed by atoms with Gasteiger partial charge in [0.2, 0.25) is 5.91 Å². The topological polar surface area (TPSA) is 70.6 Å². The molecular formula is C16H24N2O3. The molecule has 1 unspecified atom stereocenters. The Bertz CT molecular complexity index is 441. The molecule has 1 fully saturated rings. The van der Waals surface area contributed by atoms with Crippen LogP contribution in [0.4, 0.5) is 0 Å². The summed E-state index contributed by atoms with van der Waals surface area (Å²) in [5.41, 5.74) is 0.776. The molecule has 0 radical (unpaired) electrons. The van der Waals surface area contributed by atoms with Gasteiger partial charge in [-0.05, 0) is 49.5 Å². The predicted octanol–water partition coefficient (Wildman–Crippen LogP) is 1.23. The first-order valence-corrected chi connectivity index (χ1v) is 7.48. The summed E-state index contributed by atoms with van der Waals surface area (Å²) in [5, 5.41) is 16.2. The SMILES string of the molecule is COc1ccc(C(O)CNC(=O)CC2CCNCC2)cc1. The van der Waals surface area contributed by atoms with Gasteiger partial charge in [-0.2, -0.15) is 0 Å². The fourth-order valence-electron chi connectivity index (χ4n) is 2.57. The van der Waals surface area contributed by atoms with Crippen molar-refractivity contribution in [2.45, 2.75) is 25.4 Å². The van der Waals surface area contributed by atoms with E-state index in [0.29, 0.717) is 12.3 Å². The lowest BCUT2D eigenvalue weighted by atomic mass is 9.94. The number of nitrogens with one attached hydrogen (secondary N) is 2. The van der Waals surface area contributed by atoms with Crippen LogP contribution in [0.1, 0.15) is 30.9 Å². The molecule has 5 nitrogen and oxygen atoms in total. The lowest BCUT2D eigenvalue weighted by Crippen LogP contribution is -2.33. The van der Waals surface area contributed by atoms with Gasteiger partial charge in [0.25, 0.3) is 0 Å². The Balaban J connectivity index is 1.74. The number of methoxy groups -OCH3 is 1. The fourth-order valence-corrected chi connectivity index (χ4v) is 2.57. The molecule has 0 bridgehead atoms. The average Bonchev–Trinajstić information content (AvgIpc) is 2.53. The van der Waals surface area contributed by atoms with Crippen LogP contribution in [-0.2, 0) is 4.79 Å². The van der Waals surface area contributed by atoms with E-state index in [1.807, 2.05) is 12.1 Å². The zero-order chi connectivity index (χ0) is 15.1. The molecule has 5 heteroatoms. The summed E-state index contributed by atoms with van der Waals surface area (Å²) >= 11 is 0. The first kappa shape index (κ1) is 15.8. The van der Waals surface area contributed by atoms with Crippen molar-refractivity contribution in [1.82, 2.24) is 10.6 Å². The van der Waals surface area contributed by atoms with Gasteiger partial charge < -0.3 is 20.5 Å². The van der Waals surface area contributed by atoms with E-state index >= 15 is 0 Å². The van der Waals surface area contributed by atoms with Crippen LogP contribution in [0.15, 0.2) is 24.3 Å². The Morgan fingerprint density at radius 3 is 2.67 bits per heavy atom. The van der Waals surface area contributed by atoms with E-state index in [0.717, 1.165) is 37.2 Å². The molecule has 0 aromatic heterocycles. The highest BCUT2D eigenvalue weighted by atomic mass is 16.5. The molecule has 1 amide bonds. The molecule has 1 saturated heterocycles. The number of carbonyl (C=O) groups excluding carboxylic acids is 1. The van der Waals surface area contributed by atoms with Crippen molar-refractivity contribution in [2.24, 2.45) is 5.92 Å². The molecule has 1 heterocycles. The Morgan fingerprint density at radius 2 is 2.05 bits per heavy atom. The number of hydrogen-bond acceptors (Lipinski definition) is 4. The van der Waals surface area contributed by atoms with Crippen molar-refractivity contribution in [3.63, 3.8) is 0 Å². The van der Waals surface area contributed by atoms with Crippen molar-refractivity contribution >= 4 is 5.91 Å². The van der Waals surface area contributed by atoms with E-state index in [9.17, 15) is 9.90 Å². The van der Waals surface area contributed by atoms with E-state index in [-0.39, 0.29) is 12.5 Å². The maximum atomic E-state index is 11.9. The second kappa shape index (κ2) is 8.00. The monoisotopic (exact) mass is 292 g/mol. The average molecular weight is 292 g/mol. The summed E-state index contributed by atoms with van der Waals surface area (Å²) in [6.07, 6.45) is 1.97. The summed E-state index contributed by atoms with van der Waals surface area (Å²) < 4.78 is 5.08. The van der Waals surface area contributed by atoms with Crippen LogP contribution in [0, 0.1) is 5.92 Å². The largest absolute Gasteiger partial charge is 0.497 e. The third-order valence-corrected chi connectivity index (χ3v) is 3.93. The van der Waals surface area contributed by atoms with Crippen molar-refractivity contribution in [1.29, 1.82) is 0 Å². The molecular weight excluding hydrogens is 268 g/mol. The van der Waals surface area contributed by atoms with Crippen molar-refractivity contribution < 1.29 is 14.6 Å². The van der Waals surface area contributed by atoms with E-state index in [4.69, 9.17) is 4.74 Å². The first-order valence-electron chi connectivity index (χ1n) is 7.48. The summed E-state index contributed by atoms with van der Waals surface area (Å²) in [5.74, 6) is 1.24. The first-order chi connectivity index (χ1) is 10.2. The highest BCUT2D eigenvalue weighted by Gasteiger charge is 2.17. The van der Waals surface area contributed by atoms with Gasteiger partial charge >= 0.3 is 0 Å². The maximum absolute atomic E-state index is 11.9. The van der Waals surface area contributed by atoms with E-state index in [2.05, 4.69) is 10.6 Å². The molecule has 2 rings (SSSR count). The van der Waals surface area contributed by atoms with Crippen LogP contribution >= 0.6 is 0 Å². The summed E-state index contributed by atoms with van der Waals surface area (Å²) in [4.78, 5) is 11.9. The summed E-state index contributed by atoms with van der Waals surface area (Å²) in [7, 11) is 1.60. The number of ether oxygens (including phenoxy) is 1. The highest BCUT2D eigenvalue weighted by molar-refractivity contribution is 5.76. The van der Waals surface area contributed by atoms with Gasteiger partial charge in [0, 0.05) is 13.0 Å². The number of aliphatic hydroxyl groups is 1. The molecule has 1 aliphatic rings. The van der Waals surface area contributed by atoms with Gasteiger partial charge in [0.1, 0.15) is 5.75 Å². The zero-order valence-electron chi connectivity index (χ0n) is 12.5. The number of amides is 1. The minimum Gasteiger partial charge on any atom is -0.497 e. The zero-order valence-corrected chi connectivity index (χ0v) is 12.5. The van der Waals surface area contributed by atoms with Crippen molar-refractivity contribution in [3.05, 3.63) is 29.8 Å². The highest BCUT2D eigenvalue weighted by Crippen LogP contribution is 2.18. The minimum absolute atomic E-state index is 0.0226. The molecule has 1 aromatic carbocycles. The molecule has 21 heavy (non-hydrogen) atoms. The van der Waals surface area contributed by atoms with E-state index < -0.39 is 6.10 Å². The number of benzene rings is 1. The quantitative estimate of drug-likeness (QED) is 0.737. The third-order valence-electron chi connectivity index (χ3n) is 3.93. The van der Waals surface area contributed by atoms with Crippen LogP contribution in [0.25, 0.3) is 0 Å². The fraction of sp³-hybridized carbons (Fsp3) is 0.562. The number of carbonyl (C=O) groups is 1. The molecule has 0 aliphatic carbocycles. The van der Waals surface area contributed by atoms with Crippen molar-refractivity contribution in [2.75, 3.05) is 26.7 Å². The van der Waals surface area contributed by atoms with Gasteiger partial charge in [-0.3, -0.25) is 4.79 Å². The molecule has 1 atom stereocenters. The predicted molar refractivity (Wildman–Crippen MR) is 81.2 cm³/mol. The summed E-state index contributed by atoms with van der Waals surface area (Å²) in [6.45, 7) is 2.23. The lowest BCUT2D eigenvalue weighted by molar-refractivity contribution is -0.122. The Morgan fingerprint density at radius 1 is 1.38 bits per heavy atom. The standard InChI is InChI=1S/C16H24N2O3/c1-21-14-4-2-13(3-5-14)15(19)11-18-16(20)10-12-6-8-17-9-7-12/h2-5,12,15,17,19H,6-11H2,1H3,(H,18,20). The second-order valence-corrected chi connectivity index (χ2v) is 5.49. The smallest absolute Gasteiger partial charge is 0.220 e. The maximum Gasteiger partial charge on any atom is 0.220 e. The van der Waals surface area contributed by atoms with Gasteiger partial charge in [-0.1, -0.05) is 12.1 Å². The van der Waals surface area contributed by atoms with Gasteiger partial charge in [-0.25, -0.2) is 0 Å². The Hall–Kier alpha value is -1.59. The van der Waals surface area contributed by atoms with Gasteiger partial charge in [-0.15, -0.1) is 0 Å². The molecule has 0 saturated carbocycles. The molecule has 3 N–H and O–H groups in total. The lowest BCUT2D eigenvalue weighted by Gasteiger charge is -2.22. The van der Waals surface area contributed by atoms with Gasteiger partial charge in [0.15, 0.2) is 0 Å². The van der Waals surface area contributed by atoms with Crippen LogP contribution < -0.4 is 15.4 Å². The minimum atomic E-state index is -0.687. The normalized spacial score (nSPS) is 17.2. The third kappa shape index (κ3) is 5.02. The van der Waals surface area contributed by atoms with Crippen LogP contribution in [0.3, 0.4) is 0 Å². The van der Waals surface area contributed by atoms with Crippen LogP contribution in [-0.4, -0.2) is 37.8 Å². The molecule has 1 aromatic rings. The van der Waals surface area contributed by atoms with Crippen LogP contribution in [0.2, 0.25) is 0 Å². The number of rotatable bonds is 6. The van der Waals surface area contributed by atoms with Crippen molar-refractivity contribution in [3.8, 4) is 5.75 Å². The van der Waals surface area contributed by atoms with Gasteiger partial charge in [0.05, 0.1) is 13.2 Å². The second-order valence-electron chi connectivity index (χ2n) is 5.49. The summed E-state index contributed by atoms with van der Waals surface area (Å²) in [6, 6.07) is 7.22. The molecule has 0 spiro atoms. The number of hydrogen-bond donors (Lipinski definition) is 3. The van der Waals surface area contributed by atoms with E-state index in [1.165, 1.54) is 0 Å². The van der Waals surface area contributed by atoms with E-state index in [1.54, 1.807) is 19.2 Å².